The molecular weight excluding hydrogens is 187 g/mol. The van der Waals surface area contributed by atoms with Crippen LogP contribution < -0.4 is 0 Å². The van der Waals surface area contributed by atoms with Crippen LogP contribution in [0.1, 0.15) is 39.0 Å². The first-order chi connectivity index (χ1) is 6.12. The van der Waals surface area contributed by atoms with Crippen LogP contribution in [0.2, 0.25) is 0 Å². The number of hydrogen-bond acceptors (Lipinski definition) is 3. The van der Waals surface area contributed by atoms with Crippen molar-refractivity contribution in [2.24, 2.45) is 0 Å². The maximum Gasteiger partial charge on any atom is 0.405 e. The fraction of sp³-hybridized carbons (Fsp3) is 1.00. The summed E-state index contributed by atoms with van der Waals surface area (Å²) < 4.78 is 10.0. The molecule has 0 aromatic carbocycles. The molecule has 0 radical (unpaired) electrons. The molecule has 0 bridgehead atoms. The second kappa shape index (κ2) is 7.69. The van der Waals surface area contributed by atoms with Gasteiger partial charge >= 0.3 is 7.94 Å². The van der Waals surface area contributed by atoms with E-state index in [0.717, 1.165) is 6.42 Å². The summed E-state index contributed by atoms with van der Waals surface area (Å²) >= 11 is 0. The average molecular weight is 209 g/mol. The van der Waals surface area contributed by atoms with Crippen LogP contribution in [0.25, 0.3) is 0 Å². The monoisotopic (exact) mass is 209 g/mol. The van der Waals surface area contributed by atoms with Crippen LogP contribution in [0.4, 0.5) is 0 Å². The van der Waals surface area contributed by atoms with Crippen molar-refractivity contribution < 1.29 is 13.9 Å². The summed E-state index contributed by atoms with van der Waals surface area (Å²) in [4.78, 5) is 9.39. The maximum absolute atomic E-state index is 9.39. The SMILES string of the molecule is CCCCCCCO[P+](C)(O)OC. The van der Waals surface area contributed by atoms with E-state index in [1.165, 1.54) is 32.8 Å². The first-order valence-corrected chi connectivity index (χ1v) is 6.94. The van der Waals surface area contributed by atoms with Crippen LogP contribution in [0, 0.1) is 0 Å². The van der Waals surface area contributed by atoms with Crippen molar-refractivity contribution in [3.63, 3.8) is 0 Å². The molecule has 0 fully saturated rings. The van der Waals surface area contributed by atoms with Crippen LogP contribution in [-0.2, 0) is 9.05 Å². The van der Waals surface area contributed by atoms with E-state index in [0.29, 0.717) is 6.61 Å². The van der Waals surface area contributed by atoms with Gasteiger partial charge in [0.05, 0.1) is 13.7 Å². The number of rotatable bonds is 8. The molecule has 0 aliphatic carbocycles. The Morgan fingerprint density at radius 3 is 2.31 bits per heavy atom. The second-order valence-corrected chi connectivity index (χ2v) is 5.46. The normalized spacial score (nSPS) is 15.7. The van der Waals surface area contributed by atoms with Gasteiger partial charge in [-0.1, -0.05) is 32.6 Å². The Morgan fingerprint density at radius 2 is 1.77 bits per heavy atom. The zero-order valence-electron chi connectivity index (χ0n) is 8.95. The Balaban J connectivity index is 3.16. The summed E-state index contributed by atoms with van der Waals surface area (Å²) in [5.74, 6) is 0. The highest BCUT2D eigenvalue weighted by molar-refractivity contribution is 7.59. The fourth-order valence-electron chi connectivity index (χ4n) is 0.992. The van der Waals surface area contributed by atoms with Crippen molar-refractivity contribution >= 4 is 7.94 Å². The lowest BCUT2D eigenvalue weighted by Crippen LogP contribution is -1.99. The van der Waals surface area contributed by atoms with Crippen molar-refractivity contribution in [1.82, 2.24) is 0 Å². The van der Waals surface area contributed by atoms with E-state index in [1.54, 1.807) is 6.66 Å². The van der Waals surface area contributed by atoms with E-state index in [1.807, 2.05) is 0 Å². The largest absolute Gasteiger partial charge is 0.405 e. The Bertz CT molecular complexity index is 117. The molecule has 1 unspecified atom stereocenters. The summed E-state index contributed by atoms with van der Waals surface area (Å²) in [5, 5.41) is 0. The quantitative estimate of drug-likeness (QED) is 0.493. The lowest BCUT2D eigenvalue weighted by atomic mass is 10.2. The lowest BCUT2D eigenvalue weighted by molar-refractivity contribution is 0.204. The lowest BCUT2D eigenvalue weighted by Gasteiger charge is -2.09. The minimum atomic E-state index is -2.48. The van der Waals surface area contributed by atoms with Gasteiger partial charge in [-0.2, -0.15) is 13.9 Å². The predicted molar refractivity (Wildman–Crippen MR) is 56.8 cm³/mol. The van der Waals surface area contributed by atoms with Crippen LogP contribution >= 0.6 is 7.94 Å². The van der Waals surface area contributed by atoms with Gasteiger partial charge in [0, 0.05) is 0 Å². The van der Waals surface area contributed by atoms with E-state index >= 15 is 0 Å². The zero-order chi connectivity index (χ0) is 10.2. The van der Waals surface area contributed by atoms with Crippen molar-refractivity contribution in [1.29, 1.82) is 0 Å². The van der Waals surface area contributed by atoms with Gasteiger partial charge in [0.15, 0.2) is 0 Å². The Hall–Kier alpha value is 0.310. The fourth-order valence-corrected chi connectivity index (χ4v) is 1.57. The molecule has 0 spiro atoms. The molecular formula is C9H22O3P+. The predicted octanol–water partition coefficient (Wildman–Crippen LogP) is 3.00. The minimum Gasteiger partial charge on any atom is -0.193 e. The third-order valence-electron chi connectivity index (χ3n) is 1.92. The molecule has 0 aliphatic rings. The minimum absolute atomic E-state index is 0.609. The van der Waals surface area contributed by atoms with Gasteiger partial charge in [0.2, 0.25) is 0 Å². The van der Waals surface area contributed by atoms with Crippen molar-refractivity contribution in [3.8, 4) is 0 Å². The third-order valence-corrected chi connectivity index (χ3v) is 3.26. The van der Waals surface area contributed by atoms with E-state index in [-0.39, 0.29) is 0 Å². The molecule has 0 saturated carbocycles. The van der Waals surface area contributed by atoms with Gasteiger partial charge in [0.1, 0.15) is 6.66 Å². The standard InChI is InChI=1S/C9H22O3P/c1-4-5-6-7-8-9-12-13(3,10)11-2/h10H,4-9H2,1-3H3/q+1. The molecule has 0 aromatic rings. The third kappa shape index (κ3) is 8.63. The van der Waals surface area contributed by atoms with E-state index in [9.17, 15) is 4.89 Å². The first-order valence-electron chi connectivity index (χ1n) is 4.92. The van der Waals surface area contributed by atoms with Gasteiger partial charge in [-0.05, 0) is 6.42 Å². The van der Waals surface area contributed by atoms with Crippen molar-refractivity contribution in [3.05, 3.63) is 0 Å². The molecule has 0 aromatic heterocycles. The Morgan fingerprint density at radius 1 is 1.15 bits per heavy atom. The van der Waals surface area contributed by atoms with Gasteiger partial charge in [-0.3, -0.25) is 0 Å². The van der Waals surface area contributed by atoms with E-state index in [4.69, 9.17) is 9.05 Å². The Kier molecular flexibility index (Phi) is 7.87. The molecule has 80 valence electrons. The molecule has 1 atom stereocenters. The van der Waals surface area contributed by atoms with Crippen LogP contribution in [-0.4, -0.2) is 25.3 Å². The van der Waals surface area contributed by atoms with Gasteiger partial charge in [-0.25, -0.2) is 0 Å². The topological polar surface area (TPSA) is 38.7 Å². The number of unbranched alkanes of at least 4 members (excludes halogenated alkanes) is 4. The summed E-state index contributed by atoms with van der Waals surface area (Å²) in [6.07, 6.45) is 5.99. The van der Waals surface area contributed by atoms with Crippen LogP contribution in [0.3, 0.4) is 0 Å². The van der Waals surface area contributed by atoms with Gasteiger partial charge < -0.3 is 0 Å². The molecule has 13 heavy (non-hydrogen) atoms. The number of hydrogen-bond donors (Lipinski definition) is 1. The van der Waals surface area contributed by atoms with Crippen molar-refractivity contribution in [2.75, 3.05) is 20.4 Å². The highest BCUT2D eigenvalue weighted by atomic mass is 31.2. The molecule has 0 aliphatic heterocycles. The van der Waals surface area contributed by atoms with Gasteiger partial charge in [0.25, 0.3) is 0 Å². The second-order valence-electron chi connectivity index (χ2n) is 3.23. The molecule has 1 N–H and O–H groups in total. The van der Waals surface area contributed by atoms with Crippen molar-refractivity contribution in [2.45, 2.75) is 39.0 Å². The molecule has 0 heterocycles. The van der Waals surface area contributed by atoms with E-state index in [2.05, 4.69) is 6.92 Å². The summed E-state index contributed by atoms with van der Waals surface area (Å²) in [7, 11) is -1.00. The molecule has 0 saturated heterocycles. The van der Waals surface area contributed by atoms with E-state index < -0.39 is 7.94 Å². The summed E-state index contributed by atoms with van der Waals surface area (Å²) in [6, 6.07) is 0. The smallest absolute Gasteiger partial charge is 0.193 e. The summed E-state index contributed by atoms with van der Waals surface area (Å²) in [6.45, 7) is 4.41. The van der Waals surface area contributed by atoms with Crippen LogP contribution in [0.15, 0.2) is 0 Å². The van der Waals surface area contributed by atoms with Gasteiger partial charge in [-0.15, -0.1) is 0 Å². The average Bonchev–Trinajstić information content (AvgIpc) is 2.11. The zero-order valence-corrected chi connectivity index (χ0v) is 9.85. The summed E-state index contributed by atoms with van der Waals surface area (Å²) in [5.41, 5.74) is 0. The maximum atomic E-state index is 9.39. The first kappa shape index (κ1) is 13.3. The molecule has 3 nitrogen and oxygen atoms in total. The highest BCUT2D eigenvalue weighted by Crippen LogP contribution is 2.51. The molecule has 4 heteroatoms. The van der Waals surface area contributed by atoms with Crippen LogP contribution in [0.5, 0.6) is 0 Å². The highest BCUT2D eigenvalue weighted by Gasteiger charge is 2.30. The molecule has 0 amide bonds. The Labute approximate surface area is 82.0 Å². The molecule has 0 rings (SSSR count).